The molecule has 0 saturated heterocycles. The van der Waals surface area contributed by atoms with Gasteiger partial charge in [-0.3, -0.25) is 0 Å². The lowest BCUT2D eigenvalue weighted by molar-refractivity contribution is 0.420. The van der Waals surface area contributed by atoms with Crippen LogP contribution in [0.1, 0.15) is 19.8 Å². The molecule has 3 nitrogen and oxygen atoms in total. The highest BCUT2D eigenvalue weighted by atomic mass is 16.5. The van der Waals surface area contributed by atoms with Crippen LogP contribution in [0.2, 0.25) is 0 Å². The Bertz CT molecular complexity index is 557. The van der Waals surface area contributed by atoms with Gasteiger partial charge in [0.15, 0.2) is 0 Å². The lowest BCUT2D eigenvalue weighted by Gasteiger charge is -2.13. The van der Waals surface area contributed by atoms with Crippen LogP contribution in [0.25, 0.3) is 10.9 Å². The fourth-order valence-corrected chi connectivity index (χ4v) is 2.74. The average molecular weight is 258 g/mol. The molecule has 1 unspecified atom stereocenters. The zero-order valence-electron chi connectivity index (χ0n) is 11.7. The van der Waals surface area contributed by atoms with Crippen molar-refractivity contribution >= 4 is 10.9 Å². The Morgan fingerprint density at radius 2 is 2.21 bits per heavy atom. The molecule has 2 aromatic rings. The zero-order valence-corrected chi connectivity index (χ0v) is 11.7. The molecule has 3 rings (SSSR count). The summed E-state index contributed by atoms with van der Waals surface area (Å²) >= 11 is 0. The number of fused-ring (bicyclic) bond motifs is 1. The average Bonchev–Trinajstić information content (AvgIpc) is 3.20. The molecule has 1 saturated carbocycles. The van der Waals surface area contributed by atoms with E-state index in [0.717, 1.165) is 24.8 Å². The van der Waals surface area contributed by atoms with Gasteiger partial charge in [-0.1, -0.05) is 6.07 Å². The van der Waals surface area contributed by atoms with Crippen molar-refractivity contribution in [3.8, 4) is 5.75 Å². The van der Waals surface area contributed by atoms with Crippen LogP contribution in [-0.4, -0.2) is 24.3 Å². The van der Waals surface area contributed by atoms with Gasteiger partial charge in [-0.05, 0) is 43.9 Å². The third-order valence-corrected chi connectivity index (χ3v) is 4.14. The fraction of sp³-hybridized carbons (Fsp3) is 0.500. The van der Waals surface area contributed by atoms with E-state index >= 15 is 0 Å². The van der Waals surface area contributed by atoms with Gasteiger partial charge in [-0.2, -0.15) is 0 Å². The number of nitrogens with zero attached hydrogens (tertiary/aromatic N) is 1. The first-order valence-corrected chi connectivity index (χ1v) is 7.15. The van der Waals surface area contributed by atoms with Crippen LogP contribution in [0, 0.1) is 5.92 Å². The maximum absolute atomic E-state index is 5.39. The van der Waals surface area contributed by atoms with Crippen LogP contribution in [0.15, 0.2) is 30.5 Å². The highest BCUT2D eigenvalue weighted by Crippen LogP contribution is 2.32. The van der Waals surface area contributed by atoms with Gasteiger partial charge in [0.25, 0.3) is 0 Å². The molecule has 0 bridgehead atoms. The number of methoxy groups -OCH3 is 1. The SMILES string of the molecule is COc1cccc2c1ccn2CCNC(C)C1CC1. The zero-order chi connectivity index (χ0) is 13.2. The minimum Gasteiger partial charge on any atom is -0.496 e. The van der Waals surface area contributed by atoms with Gasteiger partial charge in [0.1, 0.15) is 5.75 Å². The van der Waals surface area contributed by atoms with E-state index in [2.05, 4.69) is 41.2 Å². The minimum atomic E-state index is 0.663. The van der Waals surface area contributed by atoms with Crippen LogP contribution >= 0.6 is 0 Å². The second-order valence-corrected chi connectivity index (χ2v) is 5.48. The second kappa shape index (κ2) is 5.25. The summed E-state index contributed by atoms with van der Waals surface area (Å²) in [4.78, 5) is 0. The van der Waals surface area contributed by atoms with Gasteiger partial charge in [0.05, 0.1) is 12.6 Å². The first-order chi connectivity index (χ1) is 9.29. The van der Waals surface area contributed by atoms with Crippen molar-refractivity contribution in [2.75, 3.05) is 13.7 Å². The Morgan fingerprint density at radius 3 is 2.95 bits per heavy atom. The largest absolute Gasteiger partial charge is 0.496 e. The molecule has 1 aromatic heterocycles. The first kappa shape index (κ1) is 12.5. The number of aromatic nitrogens is 1. The molecule has 1 heterocycles. The number of hydrogen-bond donors (Lipinski definition) is 1. The molecule has 1 aromatic carbocycles. The van der Waals surface area contributed by atoms with Crippen molar-refractivity contribution in [2.24, 2.45) is 5.92 Å². The Hall–Kier alpha value is -1.48. The highest BCUT2D eigenvalue weighted by molar-refractivity contribution is 5.86. The molecule has 0 amide bonds. The summed E-state index contributed by atoms with van der Waals surface area (Å²) < 4.78 is 7.69. The molecule has 0 aliphatic heterocycles. The van der Waals surface area contributed by atoms with Crippen molar-refractivity contribution in [3.63, 3.8) is 0 Å². The van der Waals surface area contributed by atoms with Crippen LogP contribution < -0.4 is 10.1 Å². The van der Waals surface area contributed by atoms with E-state index in [1.54, 1.807) is 7.11 Å². The van der Waals surface area contributed by atoms with E-state index in [0.29, 0.717) is 6.04 Å². The van der Waals surface area contributed by atoms with Crippen molar-refractivity contribution < 1.29 is 4.74 Å². The molecule has 1 atom stereocenters. The van der Waals surface area contributed by atoms with E-state index < -0.39 is 0 Å². The molecular formula is C16H22N2O. The monoisotopic (exact) mass is 258 g/mol. The third-order valence-electron chi connectivity index (χ3n) is 4.14. The Balaban J connectivity index is 1.67. The summed E-state index contributed by atoms with van der Waals surface area (Å²) in [6.45, 7) is 4.33. The first-order valence-electron chi connectivity index (χ1n) is 7.15. The van der Waals surface area contributed by atoms with E-state index in [4.69, 9.17) is 4.74 Å². The summed E-state index contributed by atoms with van der Waals surface area (Å²) in [7, 11) is 1.73. The highest BCUT2D eigenvalue weighted by Gasteiger charge is 2.27. The number of benzene rings is 1. The molecule has 1 aliphatic carbocycles. The van der Waals surface area contributed by atoms with Gasteiger partial charge < -0.3 is 14.6 Å². The molecular weight excluding hydrogens is 236 g/mol. The molecule has 1 N–H and O–H groups in total. The summed E-state index contributed by atoms with van der Waals surface area (Å²) in [5.74, 6) is 1.87. The van der Waals surface area contributed by atoms with Crippen LogP contribution in [0.5, 0.6) is 5.75 Å². The number of ether oxygens (including phenoxy) is 1. The topological polar surface area (TPSA) is 26.2 Å². The Labute approximate surface area is 114 Å². The van der Waals surface area contributed by atoms with Gasteiger partial charge in [0, 0.05) is 30.7 Å². The number of nitrogens with one attached hydrogen (secondary N) is 1. The fourth-order valence-electron chi connectivity index (χ4n) is 2.74. The maximum atomic E-state index is 5.39. The van der Waals surface area contributed by atoms with Crippen molar-refractivity contribution in [1.82, 2.24) is 9.88 Å². The second-order valence-electron chi connectivity index (χ2n) is 5.48. The summed E-state index contributed by atoms with van der Waals surface area (Å²) in [6, 6.07) is 9.02. The van der Waals surface area contributed by atoms with E-state index in [1.165, 1.54) is 23.7 Å². The summed E-state index contributed by atoms with van der Waals surface area (Å²) in [6.07, 6.45) is 4.95. The minimum absolute atomic E-state index is 0.663. The van der Waals surface area contributed by atoms with Crippen molar-refractivity contribution in [3.05, 3.63) is 30.5 Å². The quantitative estimate of drug-likeness (QED) is 0.862. The summed E-state index contributed by atoms with van der Waals surface area (Å²) in [5, 5.41) is 4.82. The van der Waals surface area contributed by atoms with Crippen molar-refractivity contribution in [1.29, 1.82) is 0 Å². The molecule has 3 heteroatoms. The van der Waals surface area contributed by atoms with Crippen LogP contribution in [0.4, 0.5) is 0 Å². The maximum Gasteiger partial charge on any atom is 0.128 e. The predicted molar refractivity (Wildman–Crippen MR) is 78.7 cm³/mol. The van der Waals surface area contributed by atoms with Gasteiger partial charge in [-0.15, -0.1) is 0 Å². The normalized spacial score (nSPS) is 16.7. The summed E-state index contributed by atoms with van der Waals surface area (Å²) in [5.41, 5.74) is 1.25. The molecule has 102 valence electrons. The smallest absolute Gasteiger partial charge is 0.128 e. The van der Waals surface area contributed by atoms with Gasteiger partial charge in [-0.25, -0.2) is 0 Å². The standard InChI is InChI=1S/C16H22N2O/c1-12(13-6-7-13)17-9-11-18-10-8-14-15(18)4-3-5-16(14)19-2/h3-5,8,10,12-13,17H,6-7,9,11H2,1-2H3. The van der Waals surface area contributed by atoms with Crippen LogP contribution in [0.3, 0.4) is 0 Å². The van der Waals surface area contributed by atoms with Gasteiger partial charge in [0.2, 0.25) is 0 Å². The van der Waals surface area contributed by atoms with E-state index in [9.17, 15) is 0 Å². The third kappa shape index (κ3) is 2.61. The molecule has 0 spiro atoms. The lowest BCUT2D eigenvalue weighted by Crippen LogP contribution is -2.30. The molecule has 0 radical (unpaired) electrons. The number of rotatable bonds is 6. The molecule has 19 heavy (non-hydrogen) atoms. The number of hydrogen-bond acceptors (Lipinski definition) is 2. The Morgan fingerprint density at radius 1 is 1.37 bits per heavy atom. The Kier molecular flexibility index (Phi) is 3.47. The van der Waals surface area contributed by atoms with Crippen LogP contribution in [-0.2, 0) is 6.54 Å². The van der Waals surface area contributed by atoms with Gasteiger partial charge >= 0.3 is 0 Å². The van der Waals surface area contributed by atoms with E-state index in [1.807, 2.05) is 6.07 Å². The molecule has 1 fully saturated rings. The predicted octanol–water partition coefficient (Wildman–Crippen LogP) is 3.04. The van der Waals surface area contributed by atoms with E-state index in [-0.39, 0.29) is 0 Å². The lowest BCUT2D eigenvalue weighted by atomic mass is 10.2. The van der Waals surface area contributed by atoms with Crippen molar-refractivity contribution in [2.45, 2.75) is 32.4 Å². The molecule has 1 aliphatic rings.